The summed E-state index contributed by atoms with van der Waals surface area (Å²) in [5.41, 5.74) is 1.34. The van der Waals surface area contributed by atoms with Gasteiger partial charge in [0.1, 0.15) is 17.3 Å². The minimum absolute atomic E-state index is 0.177. The average Bonchev–Trinajstić information content (AvgIpc) is 3.19. The number of anilines is 1. The third-order valence-electron chi connectivity index (χ3n) is 4.34. The number of amides is 1. The summed E-state index contributed by atoms with van der Waals surface area (Å²) in [7, 11) is 1.58. The number of hydrogen-bond donors (Lipinski definition) is 0. The van der Waals surface area contributed by atoms with E-state index in [9.17, 15) is 9.18 Å². The Morgan fingerprint density at radius 3 is 2.63 bits per heavy atom. The number of pyridine rings is 1. The first-order valence-corrected chi connectivity index (χ1v) is 9.97. The molecule has 1 amide bonds. The number of methoxy groups -OCH3 is 1. The zero-order chi connectivity index (χ0) is 20.9. The van der Waals surface area contributed by atoms with Crippen LogP contribution in [-0.2, 0) is 11.3 Å². The molecule has 30 heavy (non-hydrogen) atoms. The SMILES string of the molecule is COc1ccc(OCC(=O)N(Cc2ccccn2)c2nc3ccc(F)cc3s2)cc1. The monoisotopic (exact) mass is 423 g/mol. The third-order valence-corrected chi connectivity index (χ3v) is 5.38. The first-order valence-electron chi connectivity index (χ1n) is 9.15. The fourth-order valence-corrected chi connectivity index (χ4v) is 3.82. The Morgan fingerprint density at radius 2 is 1.90 bits per heavy atom. The highest BCUT2D eigenvalue weighted by Crippen LogP contribution is 2.30. The van der Waals surface area contributed by atoms with Crippen LogP contribution in [0.2, 0.25) is 0 Å². The van der Waals surface area contributed by atoms with E-state index < -0.39 is 0 Å². The molecule has 0 aliphatic heterocycles. The predicted octanol–water partition coefficient (Wildman–Crippen LogP) is 4.45. The Labute approximate surface area is 176 Å². The number of thiazole rings is 1. The molecule has 0 atom stereocenters. The zero-order valence-electron chi connectivity index (χ0n) is 16.1. The van der Waals surface area contributed by atoms with E-state index in [1.165, 1.54) is 28.4 Å². The molecular formula is C22H18FN3O3S. The van der Waals surface area contributed by atoms with E-state index in [2.05, 4.69) is 9.97 Å². The summed E-state index contributed by atoms with van der Waals surface area (Å²) >= 11 is 1.25. The van der Waals surface area contributed by atoms with Crippen molar-refractivity contribution in [1.29, 1.82) is 0 Å². The molecule has 0 N–H and O–H groups in total. The van der Waals surface area contributed by atoms with Gasteiger partial charge in [-0.25, -0.2) is 9.37 Å². The number of ether oxygens (including phenoxy) is 2. The molecule has 0 aliphatic rings. The van der Waals surface area contributed by atoms with Crippen LogP contribution in [-0.4, -0.2) is 29.6 Å². The second kappa shape index (κ2) is 8.87. The highest BCUT2D eigenvalue weighted by Gasteiger charge is 2.21. The summed E-state index contributed by atoms with van der Waals surface area (Å²) in [6.07, 6.45) is 1.67. The molecule has 0 unspecified atom stereocenters. The van der Waals surface area contributed by atoms with E-state index >= 15 is 0 Å². The van der Waals surface area contributed by atoms with Gasteiger partial charge in [-0.05, 0) is 54.6 Å². The van der Waals surface area contributed by atoms with Crippen LogP contribution in [0.25, 0.3) is 10.2 Å². The van der Waals surface area contributed by atoms with Gasteiger partial charge in [0, 0.05) is 6.20 Å². The minimum Gasteiger partial charge on any atom is -0.497 e. The maximum absolute atomic E-state index is 13.6. The van der Waals surface area contributed by atoms with Crippen LogP contribution < -0.4 is 14.4 Å². The van der Waals surface area contributed by atoms with Crippen LogP contribution in [0, 0.1) is 5.82 Å². The summed E-state index contributed by atoms with van der Waals surface area (Å²) < 4.78 is 25.0. The topological polar surface area (TPSA) is 64.6 Å². The molecule has 0 bridgehead atoms. The van der Waals surface area contributed by atoms with Crippen molar-refractivity contribution in [3.05, 3.63) is 78.4 Å². The quantitative estimate of drug-likeness (QED) is 0.439. The van der Waals surface area contributed by atoms with Crippen LogP contribution in [0.15, 0.2) is 66.9 Å². The number of fused-ring (bicyclic) bond motifs is 1. The van der Waals surface area contributed by atoms with Crippen molar-refractivity contribution in [3.8, 4) is 11.5 Å². The average molecular weight is 423 g/mol. The van der Waals surface area contributed by atoms with E-state index in [4.69, 9.17) is 9.47 Å². The van der Waals surface area contributed by atoms with Crippen molar-refractivity contribution < 1.29 is 18.7 Å². The van der Waals surface area contributed by atoms with E-state index in [0.717, 1.165) is 0 Å². The van der Waals surface area contributed by atoms with Gasteiger partial charge >= 0.3 is 0 Å². The van der Waals surface area contributed by atoms with Crippen LogP contribution in [0.5, 0.6) is 11.5 Å². The molecule has 4 rings (SSSR count). The van der Waals surface area contributed by atoms with Crippen LogP contribution >= 0.6 is 11.3 Å². The lowest BCUT2D eigenvalue weighted by molar-refractivity contribution is -0.120. The molecule has 152 valence electrons. The Bertz CT molecular complexity index is 1150. The van der Waals surface area contributed by atoms with Crippen molar-refractivity contribution in [2.75, 3.05) is 18.6 Å². The molecular weight excluding hydrogens is 405 g/mol. The number of benzene rings is 2. The number of carbonyl (C=O) groups excluding carboxylic acids is 1. The van der Waals surface area contributed by atoms with Gasteiger partial charge in [-0.3, -0.25) is 14.7 Å². The van der Waals surface area contributed by atoms with E-state index in [-0.39, 0.29) is 24.9 Å². The van der Waals surface area contributed by atoms with Gasteiger partial charge in [-0.1, -0.05) is 17.4 Å². The molecule has 2 heterocycles. The molecule has 0 aliphatic carbocycles. The number of nitrogens with zero attached hydrogens (tertiary/aromatic N) is 3. The first kappa shape index (κ1) is 19.8. The van der Waals surface area contributed by atoms with Crippen LogP contribution in [0.4, 0.5) is 9.52 Å². The number of rotatable bonds is 7. The normalized spacial score (nSPS) is 10.7. The number of halogens is 1. The molecule has 4 aromatic rings. The summed E-state index contributed by atoms with van der Waals surface area (Å²) in [6, 6.07) is 16.8. The highest BCUT2D eigenvalue weighted by molar-refractivity contribution is 7.22. The number of hydrogen-bond acceptors (Lipinski definition) is 6. The molecule has 0 saturated carbocycles. The summed E-state index contributed by atoms with van der Waals surface area (Å²) in [6.45, 7) is 0.0530. The van der Waals surface area contributed by atoms with Gasteiger partial charge in [0.15, 0.2) is 11.7 Å². The lowest BCUT2D eigenvalue weighted by Crippen LogP contribution is -2.34. The Kier molecular flexibility index (Phi) is 5.85. The van der Waals surface area contributed by atoms with E-state index in [1.54, 1.807) is 43.6 Å². The van der Waals surface area contributed by atoms with Gasteiger partial charge in [0.2, 0.25) is 0 Å². The molecule has 0 saturated heterocycles. The fraction of sp³-hybridized carbons (Fsp3) is 0.136. The van der Waals surface area contributed by atoms with Gasteiger partial charge < -0.3 is 9.47 Å². The maximum atomic E-state index is 13.6. The Hall–Kier alpha value is -3.52. The van der Waals surface area contributed by atoms with Gasteiger partial charge in [-0.2, -0.15) is 0 Å². The molecule has 2 aromatic carbocycles. The molecule has 8 heteroatoms. The van der Waals surface area contributed by atoms with Crippen molar-refractivity contribution in [2.45, 2.75) is 6.54 Å². The lowest BCUT2D eigenvalue weighted by atomic mass is 10.3. The smallest absolute Gasteiger partial charge is 0.267 e. The molecule has 0 radical (unpaired) electrons. The highest BCUT2D eigenvalue weighted by atomic mass is 32.1. The van der Waals surface area contributed by atoms with Crippen molar-refractivity contribution in [2.24, 2.45) is 0 Å². The summed E-state index contributed by atoms with van der Waals surface area (Å²) in [4.78, 5) is 23.3. The van der Waals surface area contributed by atoms with Crippen LogP contribution in [0.3, 0.4) is 0 Å². The van der Waals surface area contributed by atoms with Crippen molar-refractivity contribution >= 4 is 32.6 Å². The maximum Gasteiger partial charge on any atom is 0.267 e. The predicted molar refractivity (Wildman–Crippen MR) is 113 cm³/mol. The van der Waals surface area contributed by atoms with E-state index in [0.29, 0.717) is 32.5 Å². The largest absolute Gasteiger partial charge is 0.497 e. The minimum atomic E-state index is -0.344. The molecule has 2 aromatic heterocycles. The number of aromatic nitrogens is 2. The van der Waals surface area contributed by atoms with Gasteiger partial charge in [0.25, 0.3) is 5.91 Å². The standard InChI is InChI=1S/C22H18FN3O3S/c1-28-17-6-8-18(9-7-17)29-14-21(27)26(13-16-4-2-3-11-24-16)22-25-19-10-5-15(23)12-20(19)30-22/h2-12H,13-14H2,1H3. The molecule has 0 fully saturated rings. The van der Waals surface area contributed by atoms with Crippen molar-refractivity contribution in [3.63, 3.8) is 0 Å². The molecule has 6 nitrogen and oxygen atoms in total. The zero-order valence-corrected chi connectivity index (χ0v) is 16.9. The van der Waals surface area contributed by atoms with Gasteiger partial charge in [0.05, 0.1) is 29.6 Å². The van der Waals surface area contributed by atoms with Gasteiger partial charge in [-0.15, -0.1) is 0 Å². The number of carbonyl (C=O) groups is 1. The first-order chi connectivity index (χ1) is 14.6. The Morgan fingerprint density at radius 1 is 1.10 bits per heavy atom. The van der Waals surface area contributed by atoms with E-state index in [1.807, 2.05) is 18.2 Å². The molecule has 0 spiro atoms. The lowest BCUT2D eigenvalue weighted by Gasteiger charge is -2.19. The van der Waals surface area contributed by atoms with Crippen molar-refractivity contribution in [1.82, 2.24) is 9.97 Å². The second-order valence-electron chi connectivity index (χ2n) is 6.37. The summed E-state index contributed by atoms with van der Waals surface area (Å²) in [5.74, 6) is 0.625. The summed E-state index contributed by atoms with van der Waals surface area (Å²) in [5, 5.41) is 0.463. The Balaban J connectivity index is 1.57. The van der Waals surface area contributed by atoms with Crippen LogP contribution in [0.1, 0.15) is 5.69 Å². The fourth-order valence-electron chi connectivity index (χ4n) is 2.81. The second-order valence-corrected chi connectivity index (χ2v) is 7.38. The third kappa shape index (κ3) is 4.55.